The highest BCUT2D eigenvalue weighted by molar-refractivity contribution is 4.74. The molecule has 3 nitrogen and oxygen atoms in total. The van der Waals surface area contributed by atoms with Crippen LogP contribution in [0.25, 0.3) is 0 Å². The summed E-state index contributed by atoms with van der Waals surface area (Å²) in [6, 6.07) is 0.736. The van der Waals surface area contributed by atoms with Crippen LogP contribution in [0.1, 0.15) is 40.0 Å². The quantitative estimate of drug-likeness (QED) is 0.737. The molecule has 2 aliphatic rings. The second kappa shape index (κ2) is 11.0. The fourth-order valence-corrected chi connectivity index (χ4v) is 2.33. The third-order valence-corrected chi connectivity index (χ3v) is 3.33. The highest BCUT2D eigenvalue weighted by atomic mass is 15.1. The lowest BCUT2D eigenvalue weighted by molar-refractivity contribution is 0.221. The first-order valence-corrected chi connectivity index (χ1v) is 7.29. The van der Waals surface area contributed by atoms with E-state index in [1.807, 2.05) is 20.9 Å². The minimum Gasteiger partial charge on any atom is -0.316 e. The third-order valence-electron chi connectivity index (χ3n) is 3.33. The molecule has 2 heterocycles. The summed E-state index contributed by atoms with van der Waals surface area (Å²) < 4.78 is 0. The maximum Gasteiger partial charge on any atom is 0.0201 e. The lowest BCUT2D eigenvalue weighted by atomic mass is 10.0. The van der Waals surface area contributed by atoms with Crippen molar-refractivity contribution in [1.29, 1.82) is 0 Å². The molecule has 0 aromatic carbocycles. The molecule has 3 heteroatoms. The Kier molecular flexibility index (Phi) is 10.9. The van der Waals surface area contributed by atoms with E-state index < -0.39 is 0 Å². The van der Waals surface area contributed by atoms with Crippen molar-refractivity contribution in [2.45, 2.75) is 46.1 Å². The highest BCUT2D eigenvalue weighted by Gasteiger charge is 2.11. The van der Waals surface area contributed by atoms with E-state index in [0.717, 1.165) is 18.5 Å². The molecule has 0 radical (unpaired) electrons. The molecule has 0 aliphatic carbocycles. The monoisotopic (exact) mass is 243 g/mol. The maximum absolute atomic E-state index is 3.26. The summed E-state index contributed by atoms with van der Waals surface area (Å²) in [6.45, 7) is 11.3. The summed E-state index contributed by atoms with van der Waals surface area (Å²) in [5.74, 6) is 0.939. The Hall–Kier alpha value is -0.120. The predicted molar refractivity (Wildman–Crippen MR) is 77.6 cm³/mol. The van der Waals surface area contributed by atoms with Crippen molar-refractivity contribution < 1.29 is 0 Å². The van der Waals surface area contributed by atoms with E-state index in [4.69, 9.17) is 0 Å². The number of nitrogens with one attached hydrogen (secondary N) is 2. The number of hydrogen-bond donors (Lipinski definition) is 2. The van der Waals surface area contributed by atoms with Crippen molar-refractivity contribution in [2.75, 3.05) is 40.3 Å². The van der Waals surface area contributed by atoms with E-state index in [0.29, 0.717) is 0 Å². The Morgan fingerprint density at radius 1 is 1.24 bits per heavy atom. The van der Waals surface area contributed by atoms with Crippen molar-refractivity contribution in [3.05, 3.63) is 0 Å². The Morgan fingerprint density at radius 2 is 1.94 bits per heavy atom. The molecular formula is C14H33N3. The van der Waals surface area contributed by atoms with Gasteiger partial charge in [-0.1, -0.05) is 20.8 Å². The van der Waals surface area contributed by atoms with Crippen LogP contribution < -0.4 is 10.6 Å². The Labute approximate surface area is 108 Å². The zero-order valence-electron chi connectivity index (χ0n) is 12.6. The normalized spacial score (nSPS) is 28.8. The van der Waals surface area contributed by atoms with Gasteiger partial charge in [0.05, 0.1) is 0 Å². The lowest BCUT2D eigenvalue weighted by Crippen LogP contribution is -2.30. The van der Waals surface area contributed by atoms with Crippen LogP contribution in [0, 0.1) is 5.92 Å². The van der Waals surface area contributed by atoms with Gasteiger partial charge >= 0.3 is 0 Å². The molecule has 2 fully saturated rings. The number of piperidine rings is 1. The first kappa shape index (κ1) is 16.9. The van der Waals surface area contributed by atoms with Gasteiger partial charge < -0.3 is 15.5 Å². The van der Waals surface area contributed by atoms with E-state index in [9.17, 15) is 0 Å². The molecule has 0 saturated carbocycles. The molecule has 2 saturated heterocycles. The van der Waals surface area contributed by atoms with Crippen LogP contribution in [0.4, 0.5) is 0 Å². The molecule has 0 amide bonds. The molecule has 2 unspecified atom stereocenters. The Morgan fingerprint density at radius 3 is 2.24 bits per heavy atom. The second-order valence-corrected chi connectivity index (χ2v) is 4.99. The summed E-state index contributed by atoms with van der Waals surface area (Å²) in [7, 11) is 4.22. The van der Waals surface area contributed by atoms with Gasteiger partial charge in [0.25, 0.3) is 0 Å². The average molecular weight is 243 g/mol. The predicted octanol–water partition coefficient (Wildman–Crippen LogP) is 1.94. The Balaban J connectivity index is 0.000000265. The summed E-state index contributed by atoms with van der Waals surface area (Å²) in [4.78, 5) is 2.41. The molecule has 104 valence electrons. The van der Waals surface area contributed by atoms with Crippen LogP contribution in [0.3, 0.4) is 0 Å². The molecule has 0 aromatic rings. The SMILES string of the molecule is CC.CC1CCCN(C)C1.CNC1CCNC1. The molecule has 2 atom stereocenters. The summed E-state index contributed by atoms with van der Waals surface area (Å²) in [6.07, 6.45) is 4.12. The van der Waals surface area contributed by atoms with Crippen LogP contribution in [-0.4, -0.2) is 51.2 Å². The molecule has 2 N–H and O–H groups in total. The van der Waals surface area contributed by atoms with Gasteiger partial charge in [0, 0.05) is 19.1 Å². The largest absolute Gasteiger partial charge is 0.316 e. The van der Waals surface area contributed by atoms with Gasteiger partial charge in [-0.15, -0.1) is 0 Å². The summed E-state index contributed by atoms with van der Waals surface area (Å²) in [5.41, 5.74) is 0. The summed E-state index contributed by atoms with van der Waals surface area (Å²) in [5, 5.41) is 6.46. The van der Waals surface area contributed by atoms with Crippen LogP contribution >= 0.6 is 0 Å². The van der Waals surface area contributed by atoms with Crippen LogP contribution in [0.15, 0.2) is 0 Å². The molecule has 17 heavy (non-hydrogen) atoms. The van der Waals surface area contributed by atoms with Crippen molar-refractivity contribution >= 4 is 0 Å². The zero-order valence-corrected chi connectivity index (χ0v) is 12.6. The van der Waals surface area contributed by atoms with Crippen LogP contribution in [0.5, 0.6) is 0 Å². The van der Waals surface area contributed by atoms with Crippen molar-refractivity contribution in [1.82, 2.24) is 15.5 Å². The average Bonchev–Trinajstić information content (AvgIpc) is 2.85. The molecule has 0 spiro atoms. The molecule has 0 aromatic heterocycles. The van der Waals surface area contributed by atoms with Gasteiger partial charge in [0.15, 0.2) is 0 Å². The highest BCUT2D eigenvalue weighted by Crippen LogP contribution is 2.12. The molecule has 2 rings (SSSR count). The van der Waals surface area contributed by atoms with Gasteiger partial charge in [0.1, 0.15) is 0 Å². The van der Waals surface area contributed by atoms with Crippen molar-refractivity contribution in [3.63, 3.8) is 0 Å². The number of nitrogens with zero attached hydrogens (tertiary/aromatic N) is 1. The minimum atomic E-state index is 0.736. The minimum absolute atomic E-state index is 0.736. The van der Waals surface area contributed by atoms with Crippen LogP contribution in [-0.2, 0) is 0 Å². The van der Waals surface area contributed by atoms with Gasteiger partial charge in [0.2, 0.25) is 0 Å². The Bertz CT molecular complexity index is 148. The first-order valence-electron chi connectivity index (χ1n) is 7.29. The topological polar surface area (TPSA) is 27.3 Å². The van der Waals surface area contributed by atoms with E-state index >= 15 is 0 Å². The lowest BCUT2D eigenvalue weighted by Gasteiger charge is -2.26. The maximum atomic E-state index is 3.26. The van der Waals surface area contributed by atoms with E-state index in [1.165, 1.54) is 38.9 Å². The molecular weight excluding hydrogens is 210 g/mol. The van der Waals surface area contributed by atoms with Crippen molar-refractivity contribution in [2.24, 2.45) is 5.92 Å². The first-order chi connectivity index (χ1) is 8.22. The van der Waals surface area contributed by atoms with Gasteiger partial charge in [-0.05, 0) is 52.4 Å². The van der Waals surface area contributed by atoms with Gasteiger partial charge in [-0.2, -0.15) is 0 Å². The van der Waals surface area contributed by atoms with E-state index in [2.05, 4.69) is 29.5 Å². The molecule has 0 bridgehead atoms. The molecule has 2 aliphatic heterocycles. The fraction of sp³-hybridized carbons (Fsp3) is 1.00. The van der Waals surface area contributed by atoms with E-state index in [-0.39, 0.29) is 0 Å². The zero-order chi connectivity index (χ0) is 13.1. The number of likely N-dealkylation sites (N-methyl/N-ethyl adjacent to an activating group) is 1. The number of hydrogen-bond acceptors (Lipinski definition) is 3. The van der Waals surface area contributed by atoms with Gasteiger partial charge in [-0.3, -0.25) is 0 Å². The van der Waals surface area contributed by atoms with Gasteiger partial charge in [-0.25, -0.2) is 0 Å². The third kappa shape index (κ3) is 8.58. The fourth-order valence-electron chi connectivity index (χ4n) is 2.33. The van der Waals surface area contributed by atoms with Crippen molar-refractivity contribution in [3.8, 4) is 0 Å². The summed E-state index contributed by atoms with van der Waals surface area (Å²) >= 11 is 0. The number of likely N-dealkylation sites (tertiary alicyclic amines) is 1. The standard InChI is InChI=1S/C7H15N.C5H12N2.C2H6/c1-7-4-3-5-8(2)6-7;1-6-5-2-3-7-4-5;1-2/h7H,3-6H2,1-2H3;5-7H,2-4H2,1H3;1-2H3. The smallest absolute Gasteiger partial charge is 0.0201 e. The second-order valence-electron chi connectivity index (χ2n) is 4.99. The van der Waals surface area contributed by atoms with E-state index in [1.54, 1.807) is 0 Å². The number of rotatable bonds is 1. The van der Waals surface area contributed by atoms with Crippen LogP contribution in [0.2, 0.25) is 0 Å².